The maximum Gasteiger partial charge on any atom is 0.307 e. The Bertz CT molecular complexity index is 494. The third-order valence-electron chi connectivity index (χ3n) is 2.91. The molecule has 0 spiro atoms. The lowest BCUT2D eigenvalue weighted by Crippen LogP contribution is -2.26. The Morgan fingerprint density at radius 2 is 1.89 bits per heavy atom. The van der Waals surface area contributed by atoms with Crippen LogP contribution in [0.1, 0.15) is 35.2 Å². The number of carbonyl (C=O) groups is 1. The lowest BCUT2D eigenvalue weighted by Gasteiger charge is -2.21. The Hall–Kier alpha value is -1.17. The van der Waals surface area contributed by atoms with E-state index in [2.05, 4.69) is 23.7 Å². The minimum Gasteiger partial charge on any atom is -0.469 e. The summed E-state index contributed by atoms with van der Waals surface area (Å²) < 4.78 is 4.78. The summed E-state index contributed by atoms with van der Waals surface area (Å²) in [5.41, 5.74) is 0. The first-order chi connectivity index (χ1) is 9.20. The van der Waals surface area contributed by atoms with E-state index in [-0.39, 0.29) is 18.1 Å². The van der Waals surface area contributed by atoms with Gasteiger partial charge < -0.3 is 10.1 Å². The molecule has 19 heavy (non-hydrogen) atoms. The Balaban J connectivity index is 2.07. The van der Waals surface area contributed by atoms with E-state index in [1.807, 2.05) is 23.6 Å². The summed E-state index contributed by atoms with van der Waals surface area (Å²) in [6, 6.07) is 8.42. The number of carbonyl (C=O) groups excluding carboxylic acids is 1. The Morgan fingerprint density at radius 3 is 2.42 bits per heavy atom. The van der Waals surface area contributed by atoms with Crippen molar-refractivity contribution in [2.75, 3.05) is 7.11 Å². The van der Waals surface area contributed by atoms with Crippen LogP contribution in [-0.2, 0) is 9.53 Å². The summed E-state index contributed by atoms with van der Waals surface area (Å²) in [7, 11) is 1.43. The van der Waals surface area contributed by atoms with E-state index >= 15 is 0 Å². The van der Waals surface area contributed by atoms with Gasteiger partial charge in [0.05, 0.1) is 19.6 Å². The number of thiophene rings is 2. The van der Waals surface area contributed by atoms with Crippen LogP contribution < -0.4 is 5.32 Å². The Labute approximate surface area is 121 Å². The molecule has 2 aromatic rings. The van der Waals surface area contributed by atoms with E-state index < -0.39 is 0 Å². The van der Waals surface area contributed by atoms with Gasteiger partial charge in [0.15, 0.2) is 0 Å². The van der Waals surface area contributed by atoms with Crippen LogP contribution in [0.4, 0.5) is 0 Å². The van der Waals surface area contributed by atoms with Crippen molar-refractivity contribution in [3.63, 3.8) is 0 Å². The number of esters is 1. The van der Waals surface area contributed by atoms with Gasteiger partial charge >= 0.3 is 5.97 Å². The molecule has 0 aliphatic carbocycles. The second-order valence-corrected chi connectivity index (χ2v) is 6.21. The fourth-order valence-electron chi connectivity index (χ4n) is 1.90. The maximum absolute atomic E-state index is 11.5. The highest BCUT2D eigenvalue weighted by atomic mass is 32.1. The molecular weight excluding hydrogens is 278 g/mol. The molecule has 0 bridgehead atoms. The van der Waals surface area contributed by atoms with Crippen LogP contribution in [0.25, 0.3) is 0 Å². The van der Waals surface area contributed by atoms with E-state index in [9.17, 15) is 4.79 Å². The molecule has 102 valence electrons. The van der Waals surface area contributed by atoms with Gasteiger partial charge in [0, 0.05) is 15.8 Å². The molecule has 3 nitrogen and oxygen atoms in total. The van der Waals surface area contributed by atoms with E-state index in [0.717, 1.165) is 4.88 Å². The van der Waals surface area contributed by atoms with E-state index in [1.54, 1.807) is 22.7 Å². The third-order valence-corrected chi connectivity index (χ3v) is 4.95. The van der Waals surface area contributed by atoms with Crippen LogP contribution in [0.2, 0.25) is 0 Å². The highest BCUT2D eigenvalue weighted by molar-refractivity contribution is 7.10. The first-order valence-electron chi connectivity index (χ1n) is 6.10. The van der Waals surface area contributed by atoms with Gasteiger partial charge in [-0.05, 0) is 29.8 Å². The minimum atomic E-state index is -0.190. The van der Waals surface area contributed by atoms with Gasteiger partial charge in [0.1, 0.15) is 0 Å². The second-order valence-electron chi connectivity index (χ2n) is 4.25. The summed E-state index contributed by atoms with van der Waals surface area (Å²) in [6.45, 7) is 2.11. The molecule has 1 N–H and O–H groups in total. The molecule has 2 aromatic heterocycles. The second kappa shape index (κ2) is 6.84. The zero-order chi connectivity index (χ0) is 13.7. The van der Waals surface area contributed by atoms with Gasteiger partial charge in [-0.3, -0.25) is 4.79 Å². The molecule has 0 saturated carbocycles. The zero-order valence-electron chi connectivity index (χ0n) is 11.0. The largest absolute Gasteiger partial charge is 0.469 e. The van der Waals surface area contributed by atoms with Crippen molar-refractivity contribution in [1.29, 1.82) is 0 Å². The minimum absolute atomic E-state index is 0.00421. The van der Waals surface area contributed by atoms with Crippen molar-refractivity contribution < 1.29 is 9.53 Å². The summed E-state index contributed by atoms with van der Waals surface area (Å²) in [5, 5.41) is 7.60. The number of nitrogens with one attached hydrogen (secondary N) is 1. The van der Waals surface area contributed by atoms with Crippen molar-refractivity contribution in [3.05, 3.63) is 44.8 Å². The number of hydrogen-bond donors (Lipinski definition) is 1. The SMILES string of the molecule is COC(=O)CC(NC(C)c1cccs1)c1cccs1. The molecule has 2 unspecified atom stereocenters. The highest BCUT2D eigenvalue weighted by Crippen LogP contribution is 2.27. The first-order valence-corrected chi connectivity index (χ1v) is 7.86. The van der Waals surface area contributed by atoms with Gasteiger partial charge in [-0.2, -0.15) is 0 Å². The monoisotopic (exact) mass is 295 g/mol. The van der Waals surface area contributed by atoms with Gasteiger partial charge in [-0.25, -0.2) is 0 Å². The van der Waals surface area contributed by atoms with Gasteiger partial charge in [-0.15, -0.1) is 22.7 Å². The standard InChI is InChI=1S/C14H17NO2S2/c1-10(12-5-3-7-18-12)15-11(9-14(16)17-2)13-6-4-8-19-13/h3-8,10-11,15H,9H2,1-2H3. The van der Waals surface area contributed by atoms with E-state index in [4.69, 9.17) is 4.74 Å². The lowest BCUT2D eigenvalue weighted by molar-refractivity contribution is -0.141. The molecule has 0 aliphatic rings. The average Bonchev–Trinajstić information content (AvgIpc) is 3.10. The van der Waals surface area contributed by atoms with Gasteiger partial charge in [0.2, 0.25) is 0 Å². The molecule has 2 atom stereocenters. The van der Waals surface area contributed by atoms with Crippen molar-refractivity contribution in [1.82, 2.24) is 5.32 Å². The third kappa shape index (κ3) is 3.89. The lowest BCUT2D eigenvalue weighted by atomic mass is 10.1. The smallest absolute Gasteiger partial charge is 0.307 e. The maximum atomic E-state index is 11.5. The molecule has 0 amide bonds. The molecule has 0 radical (unpaired) electrons. The van der Waals surface area contributed by atoms with Crippen LogP contribution in [0.15, 0.2) is 35.0 Å². The molecule has 0 fully saturated rings. The van der Waals surface area contributed by atoms with Crippen molar-refractivity contribution >= 4 is 28.6 Å². The van der Waals surface area contributed by atoms with Crippen LogP contribution in [0.5, 0.6) is 0 Å². The van der Waals surface area contributed by atoms with Gasteiger partial charge in [-0.1, -0.05) is 12.1 Å². The van der Waals surface area contributed by atoms with E-state index in [1.165, 1.54) is 12.0 Å². The van der Waals surface area contributed by atoms with E-state index in [0.29, 0.717) is 6.42 Å². The van der Waals surface area contributed by atoms with Crippen LogP contribution in [-0.4, -0.2) is 13.1 Å². The topological polar surface area (TPSA) is 38.3 Å². The summed E-state index contributed by atoms with van der Waals surface area (Å²) >= 11 is 3.38. The fraction of sp³-hybridized carbons (Fsp3) is 0.357. The normalized spacial score (nSPS) is 14.0. The van der Waals surface area contributed by atoms with Gasteiger partial charge in [0.25, 0.3) is 0 Å². The Morgan fingerprint density at radius 1 is 1.26 bits per heavy atom. The number of ether oxygens (including phenoxy) is 1. The molecule has 0 aromatic carbocycles. The van der Waals surface area contributed by atoms with Crippen molar-refractivity contribution in [2.45, 2.75) is 25.4 Å². The molecule has 5 heteroatoms. The zero-order valence-corrected chi connectivity index (χ0v) is 12.6. The number of methoxy groups -OCH3 is 1. The van der Waals surface area contributed by atoms with Crippen molar-refractivity contribution in [2.24, 2.45) is 0 Å². The fourth-order valence-corrected chi connectivity index (χ4v) is 3.43. The summed E-state index contributed by atoms with van der Waals surface area (Å²) in [5.74, 6) is -0.190. The Kier molecular flexibility index (Phi) is 5.13. The first kappa shape index (κ1) is 14.2. The quantitative estimate of drug-likeness (QED) is 0.825. The molecule has 2 heterocycles. The highest BCUT2D eigenvalue weighted by Gasteiger charge is 2.20. The van der Waals surface area contributed by atoms with Crippen LogP contribution >= 0.6 is 22.7 Å². The molecule has 2 rings (SSSR count). The summed E-state index contributed by atoms with van der Waals surface area (Å²) in [4.78, 5) is 14.0. The molecular formula is C14H17NO2S2. The predicted octanol–water partition coefficient (Wildman–Crippen LogP) is 3.76. The number of hydrogen-bond acceptors (Lipinski definition) is 5. The summed E-state index contributed by atoms with van der Waals surface area (Å²) in [6.07, 6.45) is 0.354. The number of rotatable bonds is 6. The molecule has 0 saturated heterocycles. The van der Waals surface area contributed by atoms with Crippen LogP contribution in [0.3, 0.4) is 0 Å². The van der Waals surface area contributed by atoms with Crippen LogP contribution in [0, 0.1) is 0 Å². The van der Waals surface area contributed by atoms with Crippen molar-refractivity contribution in [3.8, 4) is 0 Å². The predicted molar refractivity (Wildman–Crippen MR) is 79.6 cm³/mol. The average molecular weight is 295 g/mol. The molecule has 0 aliphatic heterocycles.